The average molecular weight is 437 g/mol. The molecule has 0 aliphatic carbocycles. The van der Waals surface area contributed by atoms with Gasteiger partial charge in [-0.05, 0) is 43.3 Å². The molecular formula is C18H13Cl2F3O5. The highest BCUT2D eigenvalue weighted by Gasteiger charge is 2.31. The molecule has 5 nitrogen and oxygen atoms in total. The Hall–Kier alpha value is -2.45. The van der Waals surface area contributed by atoms with Crippen molar-refractivity contribution in [3.8, 4) is 11.5 Å². The SMILES string of the molecule is COC(=O)[C@H](C)OC(=O)c1cc(Oc2ccc(C(F)(F)F)cc2Cl)ccc1Cl. The lowest BCUT2D eigenvalue weighted by atomic mass is 10.2. The molecule has 0 heterocycles. The van der Waals surface area contributed by atoms with Crippen LogP contribution in [0.2, 0.25) is 10.0 Å². The number of hydrogen-bond acceptors (Lipinski definition) is 5. The van der Waals surface area contributed by atoms with Crippen molar-refractivity contribution in [2.24, 2.45) is 0 Å². The van der Waals surface area contributed by atoms with Crippen molar-refractivity contribution in [3.63, 3.8) is 0 Å². The van der Waals surface area contributed by atoms with Gasteiger partial charge in [0.25, 0.3) is 0 Å². The molecule has 28 heavy (non-hydrogen) atoms. The predicted molar refractivity (Wildman–Crippen MR) is 94.9 cm³/mol. The smallest absolute Gasteiger partial charge is 0.416 e. The van der Waals surface area contributed by atoms with Gasteiger partial charge in [0.05, 0.1) is 28.3 Å². The summed E-state index contributed by atoms with van der Waals surface area (Å²) >= 11 is 11.8. The number of carbonyl (C=O) groups is 2. The number of benzene rings is 2. The summed E-state index contributed by atoms with van der Waals surface area (Å²) in [5, 5.41) is -0.249. The van der Waals surface area contributed by atoms with Crippen LogP contribution in [0.25, 0.3) is 0 Å². The van der Waals surface area contributed by atoms with E-state index in [1.165, 1.54) is 25.1 Å². The van der Waals surface area contributed by atoms with Gasteiger partial charge in [0.15, 0.2) is 6.10 Å². The molecule has 0 bridgehead atoms. The molecule has 0 aliphatic rings. The van der Waals surface area contributed by atoms with Crippen LogP contribution in [0.1, 0.15) is 22.8 Å². The van der Waals surface area contributed by atoms with E-state index in [1.54, 1.807) is 0 Å². The molecule has 0 amide bonds. The quantitative estimate of drug-likeness (QED) is 0.577. The highest BCUT2D eigenvalue weighted by molar-refractivity contribution is 6.33. The van der Waals surface area contributed by atoms with Crippen molar-refractivity contribution in [3.05, 3.63) is 57.6 Å². The topological polar surface area (TPSA) is 61.8 Å². The normalized spacial score (nSPS) is 12.2. The number of halogens is 5. The van der Waals surface area contributed by atoms with Crippen LogP contribution in [-0.2, 0) is 20.4 Å². The molecule has 0 radical (unpaired) electrons. The minimum Gasteiger partial charge on any atom is -0.466 e. The van der Waals surface area contributed by atoms with E-state index in [4.69, 9.17) is 32.7 Å². The second-order valence-electron chi connectivity index (χ2n) is 5.46. The van der Waals surface area contributed by atoms with Gasteiger partial charge in [0, 0.05) is 0 Å². The van der Waals surface area contributed by atoms with E-state index >= 15 is 0 Å². The first kappa shape index (κ1) is 21.8. The van der Waals surface area contributed by atoms with Crippen LogP contribution in [-0.4, -0.2) is 25.2 Å². The maximum absolute atomic E-state index is 12.7. The molecule has 150 valence electrons. The van der Waals surface area contributed by atoms with Crippen molar-refractivity contribution in [2.45, 2.75) is 19.2 Å². The van der Waals surface area contributed by atoms with Gasteiger partial charge in [0.1, 0.15) is 11.5 Å². The largest absolute Gasteiger partial charge is 0.466 e. The van der Waals surface area contributed by atoms with Crippen molar-refractivity contribution in [1.82, 2.24) is 0 Å². The highest BCUT2D eigenvalue weighted by atomic mass is 35.5. The molecule has 2 aromatic carbocycles. The Morgan fingerprint density at radius 3 is 2.29 bits per heavy atom. The molecule has 0 fully saturated rings. The standard InChI is InChI=1S/C18H13Cl2F3O5/c1-9(16(24)26-2)27-17(25)12-8-11(4-5-13(12)19)28-15-6-3-10(7-14(15)20)18(21,22)23/h3-9H,1-2H3/t9-/m0/s1. The molecule has 0 unspecified atom stereocenters. The number of rotatable bonds is 5. The summed E-state index contributed by atoms with van der Waals surface area (Å²) in [6, 6.07) is 6.51. The lowest BCUT2D eigenvalue weighted by molar-refractivity contribution is -0.149. The third-order valence-electron chi connectivity index (χ3n) is 3.46. The second-order valence-corrected chi connectivity index (χ2v) is 6.27. The summed E-state index contributed by atoms with van der Waals surface area (Å²) < 4.78 is 52.9. The Balaban J connectivity index is 2.24. The van der Waals surface area contributed by atoms with Crippen LogP contribution in [0.15, 0.2) is 36.4 Å². The Labute approximate surface area is 167 Å². The molecule has 1 atom stereocenters. The van der Waals surface area contributed by atoms with Crippen molar-refractivity contribution >= 4 is 35.1 Å². The van der Waals surface area contributed by atoms with Crippen LogP contribution < -0.4 is 4.74 Å². The zero-order valence-corrected chi connectivity index (χ0v) is 16.0. The molecule has 2 rings (SSSR count). The number of alkyl halides is 3. The zero-order valence-electron chi connectivity index (χ0n) is 14.5. The van der Waals surface area contributed by atoms with Gasteiger partial charge in [0.2, 0.25) is 0 Å². The zero-order chi connectivity index (χ0) is 21.1. The molecule has 0 N–H and O–H groups in total. The number of ether oxygens (including phenoxy) is 3. The van der Waals surface area contributed by atoms with Crippen LogP contribution in [0.3, 0.4) is 0 Å². The van der Waals surface area contributed by atoms with Crippen LogP contribution >= 0.6 is 23.2 Å². The van der Waals surface area contributed by atoms with E-state index < -0.39 is 29.8 Å². The lowest BCUT2D eigenvalue weighted by Gasteiger charge is -2.14. The van der Waals surface area contributed by atoms with Gasteiger partial charge in [-0.3, -0.25) is 0 Å². The van der Waals surface area contributed by atoms with Gasteiger partial charge in [-0.15, -0.1) is 0 Å². The van der Waals surface area contributed by atoms with E-state index in [0.717, 1.165) is 25.3 Å². The lowest BCUT2D eigenvalue weighted by Crippen LogP contribution is -2.25. The van der Waals surface area contributed by atoms with E-state index in [1.807, 2.05) is 0 Å². The fraction of sp³-hybridized carbons (Fsp3) is 0.222. The summed E-state index contributed by atoms with van der Waals surface area (Å²) in [5.41, 5.74) is -1.04. The summed E-state index contributed by atoms with van der Waals surface area (Å²) in [5.74, 6) is -1.65. The van der Waals surface area contributed by atoms with Crippen molar-refractivity contribution < 1.29 is 37.0 Å². The van der Waals surface area contributed by atoms with Gasteiger partial charge in [-0.25, -0.2) is 9.59 Å². The summed E-state index contributed by atoms with van der Waals surface area (Å²) in [7, 11) is 1.14. The number of hydrogen-bond donors (Lipinski definition) is 0. The summed E-state index contributed by atoms with van der Waals surface area (Å²) in [6.07, 6.45) is -5.71. The van der Waals surface area contributed by atoms with E-state index in [2.05, 4.69) is 4.74 Å². The molecule has 2 aromatic rings. The summed E-state index contributed by atoms with van der Waals surface area (Å²) in [6.45, 7) is 1.32. The first-order chi connectivity index (χ1) is 13.0. The number of methoxy groups -OCH3 is 1. The number of esters is 2. The van der Waals surface area contributed by atoms with E-state index in [9.17, 15) is 22.8 Å². The molecule has 10 heteroatoms. The molecule has 0 saturated heterocycles. The third kappa shape index (κ3) is 5.30. The molecule has 0 spiro atoms. The first-order valence-electron chi connectivity index (χ1n) is 7.66. The fourth-order valence-corrected chi connectivity index (χ4v) is 2.46. The fourth-order valence-electron chi connectivity index (χ4n) is 2.05. The molecule has 0 saturated carbocycles. The maximum atomic E-state index is 12.7. The van der Waals surface area contributed by atoms with Gasteiger partial charge >= 0.3 is 18.1 Å². The van der Waals surface area contributed by atoms with Crippen molar-refractivity contribution in [1.29, 1.82) is 0 Å². The minimum absolute atomic E-state index is 0.0212. The number of carbonyl (C=O) groups excluding carboxylic acids is 2. The van der Waals surface area contributed by atoms with Gasteiger partial charge in [-0.1, -0.05) is 23.2 Å². The summed E-state index contributed by atoms with van der Waals surface area (Å²) in [4.78, 5) is 23.6. The van der Waals surface area contributed by atoms with E-state index in [-0.39, 0.29) is 27.1 Å². The highest BCUT2D eigenvalue weighted by Crippen LogP contribution is 2.37. The van der Waals surface area contributed by atoms with Gasteiger partial charge in [-0.2, -0.15) is 13.2 Å². The maximum Gasteiger partial charge on any atom is 0.416 e. The van der Waals surface area contributed by atoms with Crippen molar-refractivity contribution in [2.75, 3.05) is 7.11 Å². The minimum atomic E-state index is -4.55. The van der Waals surface area contributed by atoms with Crippen LogP contribution in [0, 0.1) is 0 Å². The Morgan fingerprint density at radius 2 is 1.71 bits per heavy atom. The third-order valence-corrected chi connectivity index (χ3v) is 4.09. The first-order valence-corrected chi connectivity index (χ1v) is 8.41. The molecule has 0 aliphatic heterocycles. The second kappa shape index (κ2) is 8.70. The monoisotopic (exact) mass is 436 g/mol. The Bertz CT molecular complexity index is 899. The Kier molecular flexibility index (Phi) is 6.79. The molecule has 0 aromatic heterocycles. The van der Waals surface area contributed by atoms with Crippen LogP contribution in [0.5, 0.6) is 11.5 Å². The van der Waals surface area contributed by atoms with Crippen LogP contribution in [0.4, 0.5) is 13.2 Å². The Morgan fingerprint density at radius 1 is 1.04 bits per heavy atom. The van der Waals surface area contributed by atoms with Gasteiger partial charge < -0.3 is 14.2 Å². The van der Waals surface area contributed by atoms with E-state index in [0.29, 0.717) is 0 Å². The molecular weight excluding hydrogens is 424 g/mol. The predicted octanol–water partition coefficient (Wildman–Crippen LogP) is 5.52. The average Bonchev–Trinajstić information content (AvgIpc) is 2.63.